The zero-order valence-electron chi connectivity index (χ0n) is 17.1. The van der Waals surface area contributed by atoms with Crippen LogP contribution in [-0.2, 0) is 19.1 Å². The summed E-state index contributed by atoms with van der Waals surface area (Å²) >= 11 is 0. The molecular weight excluding hydrogens is 374 g/mol. The summed E-state index contributed by atoms with van der Waals surface area (Å²) in [7, 11) is 3.16. The van der Waals surface area contributed by atoms with Gasteiger partial charge in [-0.15, -0.1) is 0 Å². The molecule has 0 amide bonds. The van der Waals surface area contributed by atoms with Crippen molar-refractivity contribution in [1.29, 1.82) is 0 Å². The monoisotopic (exact) mass is 401 g/mol. The van der Waals surface area contributed by atoms with E-state index in [4.69, 9.17) is 18.9 Å². The van der Waals surface area contributed by atoms with Crippen molar-refractivity contribution in [3.05, 3.63) is 54.1 Å². The Kier molecular flexibility index (Phi) is 8.33. The van der Waals surface area contributed by atoms with Gasteiger partial charge >= 0.3 is 11.9 Å². The lowest BCUT2D eigenvalue weighted by molar-refractivity contribution is -0.162. The van der Waals surface area contributed by atoms with Crippen LogP contribution in [0.2, 0.25) is 0 Å². The number of carbonyl (C=O) groups is 2. The van der Waals surface area contributed by atoms with Gasteiger partial charge in [-0.2, -0.15) is 0 Å². The lowest BCUT2D eigenvalue weighted by atomic mass is 9.92. The lowest BCUT2D eigenvalue weighted by Gasteiger charge is -2.27. The molecule has 7 heteroatoms. The van der Waals surface area contributed by atoms with Crippen molar-refractivity contribution >= 4 is 17.6 Å². The first-order valence-corrected chi connectivity index (χ1v) is 9.41. The van der Waals surface area contributed by atoms with Crippen LogP contribution in [-0.4, -0.2) is 39.4 Å². The van der Waals surface area contributed by atoms with Crippen molar-refractivity contribution in [2.45, 2.75) is 19.9 Å². The molecule has 0 aromatic heterocycles. The Hall–Kier alpha value is -3.22. The SMILES string of the molecule is CCOC(=O)C(C(=O)OCC)C(Nc1ccc(OC)cc1)c1ccc(OC)cc1. The molecule has 0 aliphatic rings. The fourth-order valence-corrected chi connectivity index (χ4v) is 2.87. The van der Waals surface area contributed by atoms with Gasteiger partial charge in [0.2, 0.25) is 0 Å². The first-order valence-electron chi connectivity index (χ1n) is 9.41. The van der Waals surface area contributed by atoms with Gasteiger partial charge in [-0.3, -0.25) is 9.59 Å². The Bertz CT molecular complexity index is 770. The predicted molar refractivity (Wildman–Crippen MR) is 109 cm³/mol. The second-order valence-corrected chi connectivity index (χ2v) is 6.11. The quantitative estimate of drug-likeness (QED) is 0.481. The van der Waals surface area contributed by atoms with Gasteiger partial charge in [-0.1, -0.05) is 12.1 Å². The fourth-order valence-electron chi connectivity index (χ4n) is 2.87. The molecule has 2 rings (SSSR count). The van der Waals surface area contributed by atoms with Gasteiger partial charge in [0.25, 0.3) is 0 Å². The molecular formula is C22H27NO6. The van der Waals surface area contributed by atoms with E-state index in [0.717, 1.165) is 0 Å². The molecule has 2 aromatic rings. The van der Waals surface area contributed by atoms with Gasteiger partial charge in [-0.05, 0) is 55.8 Å². The van der Waals surface area contributed by atoms with Crippen molar-refractivity contribution in [1.82, 2.24) is 0 Å². The minimum atomic E-state index is -1.18. The number of rotatable bonds is 10. The molecule has 0 heterocycles. The van der Waals surface area contributed by atoms with Crippen LogP contribution in [0, 0.1) is 5.92 Å². The molecule has 7 nitrogen and oxygen atoms in total. The Morgan fingerprint density at radius 3 is 1.66 bits per heavy atom. The minimum absolute atomic E-state index is 0.159. The normalized spacial score (nSPS) is 11.5. The Morgan fingerprint density at radius 2 is 1.24 bits per heavy atom. The number of nitrogens with one attached hydrogen (secondary N) is 1. The van der Waals surface area contributed by atoms with Crippen LogP contribution in [0.15, 0.2) is 48.5 Å². The average Bonchev–Trinajstić information content (AvgIpc) is 2.74. The van der Waals surface area contributed by atoms with Gasteiger partial charge in [-0.25, -0.2) is 0 Å². The van der Waals surface area contributed by atoms with Crippen molar-refractivity contribution in [2.75, 3.05) is 32.8 Å². The van der Waals surface area contributed by atoms with Crippen LogP contribution in [0.25, 0.3) is 0 Å². The third kappa shape index (κ3) is 5.88. The molecule has 1 atom stereocenters. The van der Waals surface area contributed by atoms with E-state index < -0.39 is 23.9 Å². The second-order valence-electron chi connectivity index (χ2n) is 6.11. The van der Waals surface area contributed by atoms with Gasteiger partial charge in [0.1, 0.15) is 11.5 Å². The Labute approximate surface area is 170 Å². The molecule has 1 N–H and O–H groups in total. The summed E-state index contributed by atoms with van der Waals surface area (Å²) in [5, 5.41) is 3.26. The van der Waals surface area contributed by atoms with E-state index in [9.17, 15) is 9.59 Å². The van der Waals surface area contributed by atoms with Gasteiger partial charge in [0.05, 0.1) is 33.5 Å². The number of methoxy groups -OCH3 is 2. The molecule has 1 unspecified atom stereocenters. The summed E-state index contributed by atoms with van der Waals surface area (Å²) in [4.78, 5) is 25.4. The highest BCUT2D eigenvalue weighted by Gasteiger charge is 2.38. The Balaban J connectivity index is 2.45. The zero-order valence-corrected chi connectivity index (χ0v) is 17.1. The summed E-state index contributed by atoms with van der Waals surface area (Å²) in [5.74, 6) is -1.10. The van der Waals surface area contributed by atoms with Crippen molar-refractivity contribution in [3.8, 4) is 11.5 Å². The van der Waals surface area contributed by atoms with Crippen LogP contribution in [0.1, 0.15) is 25.5 Å². The number of esters is 2. The second kappa shape index (κ2) is 10.9. The number of anilines is 1. The van der Waals surface area contributed by atoms with E-state index in [2.05, 4.69) is 5.32 Å². The molecule has 0 bridgehead atoms. The summed E-state index contributed by atoms with van der Waals surface area (Å²) in [6.45, 7) is 3.71. The number of carbonyl (C=O) groups excluding carboxylic acids is 2. The van der Waals surface area contributed by atoms with E-state index in [0.29, 0.717) is 22.7 Å². The molecule has 0 saturated heterocycles. The number of benzene rings is 2. The summed E-state index contributed by atoms with van der Waals surface area (Å²) in [6.07, 6.45) is 0. The maximum Gasteiger partial charge on any atom is 0.322 e. The van der Waals surface area contributed by atoms with Crippen molar-refractivity contribution < 1.29 is 28.5 Å². The highest BCUT2D eigenvalue weighted by molar-refractivity contribution is 5.96. The van der Waals surface area contributed by atoms with Gasteiger partial charge in [0, 0.05) is 5.69 Å². The summed E-state index contributed by atoms with van der Waals surface area (Å²) in [6, 6.07) is 13.6. The summed E-state index contributed by atoms with van der Waals surface area (Å²) in [5.41, 5.74) is 1.43. The molecule has 2 aromatic carbocycles. The standard InChI is InChI=1S/C22H27NO6/c1-5-28-21(24)19(22(25)29-6-2)20(15-7-11-17(26-3)12-8-15)23-16-9-13-18(27-4)14-10-16/h7-14,19-20,23H,5-6H2,1-4H3. The molecule has 0 fully saturated rings. The zero-order chi connectivity index (χ0) is 21.2. The molecule has 156 valence electrons. The van der Waals surface area contributed by atoms with E-state index in [-0.39, 0.29) is 13.2 Å². The fraction of sp³-hybridized carbons (Fsp3) is 0.364. The first kappa shape index (κ1) is 22.1. The van der Waals surface area contributed by atoms with Crippen LogP contribution in [0.5, 0.6) is 11.5 Å². The first-order chi connectivity index (χ1) is 14.0. The van der Waals surface area contributed by atoms with Crippen LogP contribution in [0.4, 0.5) is 5.69 Å². The van der Waals surface area contributed by atoms with E-state index >= 15 is 0 Å². The van der Waals surface area contributed by atoms with Crippen molar-refractivity contribution in [2.24, 2.45) is 5.92 Å². The number of hydrogen-bond acceptors (Lipinski definition) is 7. The van der Waals surface area contributed by atoms with E-state index in [1.165, 1.54) is 0 Å². The maximum atomic E-state index is 12.7. The third-order valence-electron chi connectivity index (χ3n) is 4.30. The third-order valence-corrected chi connectivity index (χ3v) is 4.30. The maximum absolute atomic E-state index is 12.7. The smallest absolute Gasteiger partial charge is 0.322 e. The number of hydrogen-bond donors (Lipinski definition) is 1. The minimum Gasteiger partial charge on any atom is -0.497 e. The van der Waals surface area contributed by atoms with Crippen LogP contribution < -0.4 is 14.8 Å². The largest absolute Gasteiger partial charge is 0.497 e. The lowest BCUT2D eigenvalue weighted by Crippen LogP contribution is -2.36. The molecule has 0 saturated carbocycles. The van der Waals surface area contributed by atoms with E-state index in [1.807, 2.05) is 12.1 Å². The molecule has 29 heavy (non-hydrogen) atoms. The predicted octanol–water partition coefficient (Wildman–Crippen LogP) is 3.60. The number of ether oxygens (including phenoxy) is 4. The topological polar surface area (TPSA) is 83.1 Å². The highest BCUT2D eigenvalue weighted by atomic mass is 16.6. The highest BCUT2D eigenvalue weighted by Crippen LogP contribution is 2.31. The van der Waals surface area contributed by atoms with E-state index in [1.54, 1.807) is 64.5 Å². The van der Waals surface area contributed by atoms with Crippen LogP contribution >= 0.6 is 0 Å². The van der Waals surface area contributed by atoms with Crippen molar-refractivity contribution in [3.63, 3.8) is 0 Å². The Morgan fingerprint density at radius 1 is 0.793 bits per heavy atom. The van der Waals surface area contributed by atoms with Crippen LogP contribution in [0.3, 0.4) is 0 Å². The molecule has 0 spiro atoms. The molecule has 0 radical (unpaired) electrons. The summed E-state index contributed by atoms with van der Waals surface area (Å²) < 4.78 is 20.7. The molecule has 0 aliphatic heterocycles. The van der Waals surface area contributed by atoms with Gasteiger partial charge < -0.3 is 24.3 Å². The van der Waals surface area contributed by atoms with Gasteiger partial charge in [0.15, 0.2) is 5.92 Å². The molecule has 0 aliphatic carbocycles. The average molecular weight is 401 g/mol.